The van der Waals surface area contributed by atoms with Crippen molar-refractivity contribution in [3.8, 4) is 0 Å². The highest BCUT2D eigenvalue weighted by molar-refractivity contribution is 7.22. The molecule has 0 aliphatic heterocycles. The fraction of sp³-hybridized carbons (Fsp3) is 0.333. The minimum Gasteiger partial charge on any atom is -0.317 e. The second-order valence-electron chi connectivity index (χ2n) is 4.60. The van der Waals surface area contributed by atoms with Gasteiger partial charge in [-0.1, -0.05) is 17.4 Å². The van der Waals surface area contributed by atoms with Gasteiger partial charge in [-0.3, -0.25) is 4.79 Å². The Morgan fingerprint density at radius 3 is 3.00 bits per heavy atom. The number of nitrogens with zero attached hydrogens (tertiary/aromatic N) is 1. The number of aryl methyl sites for hydroxylation is 1. The second-order valence-corrected chi connectivity index (χ2v) is 5.63. The van der Waals surface area contributed by atoms with Crippen molar-refractivity contribution in [1.82, 2.24) is 4.98 Å². The van der Waals surface area contributed by atoms with Gasteiger partial charge >= 0.3 is 0 Å². The van der Waals surface area contributed by atoms with Gasteiger partial charge in [0.2, 0.25) is 5.91 Å². The van der Waals surface area contributed by atoms with Gasteiger partial charge in [-0.05, 0) is 37.5 Å². The monoisotopic (exact) mass is 247 g/mol. The molecule has 0 spiro atoms. The van der Waals surface area contributed by atoms with Crippen LogP contribution in [0.5, 0.6) is 0 Å². The summed E-state index contributed by atoms with van der Waals surface area (Å²) in [4.78, 5) is 16.1. The number of aromatic nitrogens is 1. The molecule has 0 bridgehead atoms. The van der Waals surface area contributed by atoms with Gasteiger partial charge in [0.15, 0.2) is 5.13 Å². The number of anilines is 1. The molecule has 1 amide bonds. The zero-order chi connectivity index (χ0) is 12.0. The molecular weight excluding hydrogens is 234 g/mol. The largest absolute Gasteiger partial charge is 0.317 e. The van der Waals surface area contributed by atoms with Gasteiger partial charge in [-0.15, -0.1) is 0 Å². The number of carbonyl (C=O) groups excluding carboxylic acids is 1. The van der Waals surface area contributed by atoms with Gasteiger partial charge in [0.25, 0.3) is 0 Å². The highest BCUT2D eigenvalue weighted by atomic mass is 32.1. The van der Waals surface area contributed by atoms with Crippen molar-refractivity contribution < 1.29 is 4.79 Å². The molecule has 3 N–H and O–H groups in total. The number of nitrogens with two attached hydrogens (primary N) is 1. The number of hydrogen-bond acceptors (Lipinski definition) is 4. The molecule has 1 aliphatic carbocycles. The molecule has 0 saturated heterocycles. The Bertz CT molecular complexity index is 601. The van der Waals surface area contributed by atoms with Crippen LogP contribution in [0.25, 0.3) is 10.2 Å². The SMILES string of the molecule is Cc1ccc2nc(NC(=O)C3(N)CC3)sc2c1. The van der Waals surface area contributed by atoms with E-state index >= 15 is 0 Å². The molecule has 0 atom stereocenters. The molecule has 17 heavy (non-hydrogen) atoms. The molecule has 1 heterocycles. The van der Waals surface area contributed by atoms with E-state index in [4.69, 9.17) is 5.73 Å². The van der Waals surface area contributed by atoms with Gasteiger partial charge in [-0.2, -0.15) is 0 Å². The first-order valence-electron chi connectivity index (χ1n) is 5.54. The van der Waals surface area contributed by atoms with E-state index in [2.05, 4.69) is 16.4 Å². The van der Waals surface area contributed by atoms with Crippen LogP contribution in [0.3, 0.4) is 0 Å². The highest BCUT2D eigenvalue weighted by Crippen LogP contribution is 2.34. The fourth-order valence-electron chi connectivity index (χ4n) is 1.67. The number of hydrogen-bond donors (Lipinski definition) is 2. The molecule has 1 aromatic heterocycles. The number of carbonyl (C=O) groups is 1. The third-order valence-electron chi connectivity index (χ3n) is 3.01. The Balaban J connectivity index is 1.88. The van der Waals surface area contributed by atoms with Crippen molar-refractivity contribution in [2.45, 2.75) is 25.3 Å². The molecule has 1 saturated carbocycles. The Morgan fingerprint density at radius 2 is 2.29 bits per heavy atom. The molecule has 5 heteroatoms. The van der Waals surface area contributed by atoms with Gasteiger partial charge in [0, 0.05) is 0 Å². The molecule has 88 valence electrons. The topological polar surface area (TPSA) is 68.0 Å². The predicted molar refractivity (Wildman–Crippen MR) is 69.1 cm³/mol. The Morgan fingerprint density at radius 1 is 1.53 bits per heavy atom. The first-order chi connectivity index (χ1) is 8.07. The van der Waals surface area contributed by atoms with Crippen molar-refractivity contribution in [3.05, 3.63) is 23.8 Å². The smallest absolute Gasteiger partial charge is 0.246 e. The lowest BCUT2D eigenvalue weighted by molar-refractivity contribution is -0.118. The third kappa shape index (κ3) is 1.92. The number of benzene rings is 1. The van der Waals surface area contributed by atoms with Gasteiger partial charge in [-0.25, -0.2) is 4.98 Å². The maximum Gasteiger partial charge on any atom is 0.246 e. The fourth-order valence-corrected chi connectivity index (χ4v) is 2.63. The van der Waals surface area contributed by atoms with Gasteiger partial charge < -0.3 is 11.1 Å². The van der Waals surface area contributed by atoms with Crippen LogP contribution in [0.1, 0.15) is 18.4 Å². The predicted octanol–water partition coefficient (Wildman–Crippen LogP) is 2.03. The summed E-state index contributed by atoms with van der Waals surface area (Å²) in [5.74, 6) is -0.117. The van der Waals surface area contributed by atoms with Crippen LogP contribution in [0, 0.1) is 6.92 Å². The van der Waals surface area contributed by atoms with Crippen molar-refractivity contribution in [1.29, 1.82) is 0 Å². The molecule has 2 aromatic rings. The average Bonchev–Trinajstić information content (AvgIpc) is 2.90. The van der Waals surface area contributed by atoms with Crippen molar-refractivity contribution in [2.24, 2.45) is 5.73 Å². The van der Waals surface area contributed by atoms with Crippen molar-refractivity contribution in [3.63, 3.8) is 0 Å². The summed E-state index contributed by atoms with van der Waals surface area (Å²) in [5.41, 5.74) is 7.28. The minimum atomic E-state index is -0.645. The molecule has 0 unspecified atom stereocenters. The summed E-state index contributed by atoms with van der Waals surface area (Å²) < 4.78 is 1.09. The van der Waals surface area contributed by atoms with E-state index in [-0.39, 0.29) is 5.91 Å². The number of rotatable bonds is 2. The first kappa shape index (κ1) is 10.7. The lowest BCUT2D eigenvalue weighted by Gasteiger charge is -2.06. The summed E-state index contributed by atoms with van der Waals surface area (Å²) in [5, 5.41) is 3.43. The standard InChI is InChI=1S/C12H13N3OS/c1-7-2-3-8-9(6-7)17-11(14-8)15-10(16)12(13)4-5-12/h2-3,6H,4-5,13H2,1H3,(H,14,15,16). The Labute approximate surface area is 103 Å². The quantitative estimate of drug-likeness (QED) is 0.853. The van der Waals surface area contributed by atoms with E-state index in [1.807, 2.05) is 19.1 Å². The highest BCUT2D eigenvalue weighted by Gasteiger charge is 2.46. The molecular formula is C12H13N3OS. The van der Waals surface area contributed by atoms with Gasteiger partial charge in [0.1, 0.15) is 0 Å². The average molecular weight is 247 g/mol. The van der Waals surface area contributed by atoms with E-state index < -0.39 is 5.54 Å². The zero-order valence-electron chi connectivity index (χ0n) is 9.49. The lowest BCUT2D eigenvalue weighted by Crippen LogP contribution is -2.37. The van der Waals surface area contributed by atoms with E-state index in [0.29, 0.717) is 5.13 Å². The molecule has 1 fully saturated rings. The number of nitrogens with one attached hydrogen (secondary N) is 1. The van der Waals surface area contributed by atoms with Gasteiger partial charge in [0.05, 0.1) is 15.8 Å². The Kier molecular flexibility index (Phi) is 2.21. The third-order valence-corrected chi connectivity index (χ3v) is 3.94. The van der Waals surface area contributed by atoms with Crippen LogP contribution in [0.15, 0.2) is 18.2 Å². The molecule has 4 nitrogen and oxygen atoms in total. The summed E-state index contributed by atoms with van der Waals surface area (Å²) in [6, 6.07) is 6.04. The van der Waals surface area contributed by atoms with Crippen LogP contribution < -0.4 is 11.1 Å². The number of amides is 1. The molecule has 1 aromatic carbocycles. The Hall–Kier alpha value is -1.46. The van der Waals surface area contributed by atoms with E-state index in [1.54, 1.807) is 0 Å². The maximum absolute atomic E-state index is 11.8. The first-order valence-corrected chi connectivity index (χ1v) is 6.36. The molecule has 1 aliphatic rings. The van der Waals surface area contributed by atoms with Crippen molar-refractivity contribution in [2.75, 3.05) is 5.32 Å². The summed E-state index contributed by atoms with van der Waals surface area (Å²) in [6.45, 7) is 2.04. The lowest BCUT2D eigenvalue weighted by atomic mass is 10.2. The van der Waals surface area contributed by atoms with E-state index in [0.717, 1.165) is 23.1 Å². The second kappa shape index (κ2) is 3.51. The molecule has 3 rings (SSSR count). The minimum absolute atomic E-state index is 0.117. The van der Waals surface area contributed by atoms with Crippen LogP contribution in [-0.2, 0) is 4.79 Å². The zero-order valence-corrected chi connectivity index (χ0v) is 10.3. The van der Waals surface area contributed by atoms with Crippen molar-refractivity contribution >= 4 is 32.6 Å². The number of fused-ring (bicyclic) bond motifs is 1. The van der Waals surface area contributed by atoms with Crippen LogP contribution in [0.4, 0.5) is 5.13 Å². The summed E-state index contributed by atoms with van der Waals surface area (Å²) in [7, 11) is 0. The number of thiazole rings is 1. The van der Waals surface area contributed by atoms with E-state index in [9.17, 15) is 4.79 Å². The van der Waals surface area contributed by atoms with Crippen LogP contribution in [-0.4, -0.2) is 16.4 Å². The normalized spacial score (nSPS) is 17.1. The summed E-state index contributed by atoms with van der Waals surface area (Å²) in [6.07, 6.45) is 1.53. The van der Waals surface area contributed by atoms with Crippen LogP contribution in [0.2, 0.25) is 0 Å². The summed E-state index contributed by atoms with van der Waals surface area (Å²) >= 11 is 1.49. The molecule has 0 radical (unpaired) electrons. The maximum atomic E-state index is 11.8. The van der Waals surface area contributed by atoms with E-state index in [1.165, 1.54) is 16.9 Å². The van der Waals surface area contributed by atoms with Crippen LogP contribution >= 0.6 is 11.3 Å².